The number of rotatable bonds is 14. The van der Waals surface area contributed by atoms with Gasteiger partial charge in [0, 0.05) is 12.8 Å². The number of ether oxygens (including phenoxy) is 11. The lowest BCUT2D eigenvalue weighted by Gasteiger charge is -2.67. The van der Waals surface area contributed by atoms with Gasteiger partial charge in [0.2, 0.25) is 6.29 Å². The number of aliphatic hydroxyl groups excluding tert-OH is 14. The smallest absolute Gasteiger partial charge is 0.315 e. The summed E-state index contributed by atoms with van der Waals surface area (Å²) < 4.78 is 64.7. The minimum Gasteiger partial charge on any atom is -0.463 e. The second-order valence-electron chi connectivity index (χ2n) is 27.2. The summed E-state index contributed by atoms with van der Waals surface area (Å²) in [4.78, 5) is 27.0. The van der Waals surface area contributed by atoms with Gasteiger partial charge in [0.05, 0.1) is 37.4 Å². The number of esters is 2. The fourth-order valence-corrected chi connectivity index (χ4v) is 16.8. The lowest BCUT2D eigenvalue weighted by molar-refractivity contribution is -0.366. The molecule has 10 rings (SSSR count). The van der Waals surface area contributed by atoms with Gasteiger partial charge in [-0.2, -0.15) is 0 Å². The highest BCUT2D eigenvalue weighted by Crippen LogP contribution is 2.71. The van der Waals surface area contributed by atoms with Crippen LogP contribution in [0.4, 0.5) is 0 Å². The molecule has 14 N–H and O–H groups in total. The Morgan fingerprint density at radius 3 is 1.92 bits per heavy atom. The topological polar surface area (TPSA) is 419 Å². The summed E-state index contributed by atoms with van der Waals surface area (Å²) in [5.41, 5.74) is 0.0902. The van der Waals surface area contributed by atoms with Crippen molar-refractivity contribution in [3.63, 3.8) is 0 Å². The van der Waals surface area contributed by atoms with Crippen molar-refractivity contribution < 1.29 is 133 Å². The first-order valence-corrected chi connectivity index (χ1v) is 30.5. The Labute approximate surface area is 498 Å². The number of carbonyl (C=O) groups is 2. The molecule has 9 fully saturated rings. The van der Waals surface area contributed by atoms with E-state index in [1.54, 1.807) is 0 Å². The molecule has 5 saturated heterocycles. The Kier molecular flexibility index (Phi) is 19.7. The summed E-state index contributed by atoms with van der Waals surface area (Å²) >= 11 is 0. The maximum absolute atomic E-state index is 15.1. The summed E-state index contributed by atoms with van der Waals surface area (Å²) in [6.45, 7) is 13.7. The molecule has 4 saturated carbocycles. The highest BCUT2D eigenvalue weighted by Gasteiger charge is 2.66. The third-order valence-electron chi connectivity index (χ3n) is 22.0. The lowest BCUT2D eigenvalue weighted by Crippen LogP contribution is -2.65. The normalized spacial score (nSPS) is 52.1. The molecule has 0 bridgehead atoms. The van der Waals surface area contributed by atoms with Crippen LogP contribution in [-0.4, -0.2) is 263 Å². The van der Waals surface area contributed by atoms with Gasteiger partial charge in [-0.05, 0) is 105 Å². The Morgan fingerprint density at radius 1 is 0.616 bits per heavy atom. The molecule has 5 heterocycles. The minimum atomic E-state index is -1.92. The Hall–Kier alpha value is -2.50. The predicted molar refractivity (Wildman–Crippen MR) is 288 cm³/mol. The van der Waals surface area contributed by atoms with Crippen LogP contribution in [0.25, 0.3) is 0 Å². The molecule has 32 atom stereocenters. The largest absolute Gasteiger partial charge is 0.463 e. The van der Waals surface area contributed by atoms with E-state index in [0.717, 1.165) is 43.8 Å². The molecule has 27 nitrogen and oxygen atoms in total. The molecule has 10 aliphatic rings. The highest BCUT2D eigenvalue weighted by molar-refractivity contribution is 5.79. The third kappa shape index (κ3) is 11.8. The molecule has 0 aromatic heterocycles. The van der Waals surface area contributed by atoms with Gasteiger partial charge in [0.25, 0.3) is 0 Å². The third-order valence-corrected chi connectivity index (χ3v) is 22.0. The van der Waals surface area contributed by atoms with Crippen molar-refractivity contribution >= 4 is 11.9 Å². The number of carbonyl (C=O) groups excluding carboxylic acids is 2. The summed E-state index contributed by atoms with van der Waals surface area (Å²) in [6, 6.07) is 0. The molecule has 0 radical (unpaired) electrons. The Balaban J connectivity index is 0.809. The van der Waals surface area contributed by atoms with Crippen LogP contribution in [0.1, 0.15) is 106 Å². The lowest BCUT2D eigenvalue weighted by atomic mass is 9.38. The number of allylic oxidation sites excluding steroid dienone is 3. The van der Waals surface area contributed by atoms with Gasteiger partial charge in [-0.15, -0.1) is 0 Å². The first-order chi connectivity index (χ1) is 40.5. The average Bonchev–Trinajstić information content (AvgIpc) is 0.744. The maximum atomic E-state index is 15.1. The van der Waals surface area contributed by atoms with E-state index < -0.39 is 196 Å². The molecule has 0 spiro atoms. The van der Waals surface area contributed by atoms with Crippen LogP contribution in [0.15, 0.2) is 23.8 Å². The summed E-state index contributed by atoms with van der Waals surface area (Å²) in [5, 5.41) is 151. The van der Waals surface area contributed by atoms with Crippen LogP contribution in [0.3, 0.4) is 0 Å². The van der Waals surface area contributed by atoms with Crippen LogP contribution >= 0.6 is 0 Å². The van der Waals surface area contributed by atoms with E-state index in [0.29, 0.717) is 38.5 Å². The van der Waals surface area contributed by atoms with E-state index in [4.69, 9.17) is 52.1 Å². The van der Waals surface area contributed by atoms with Crippen molar-refractivity contribution in [3.05, 3.63) is 23.8 Å². The van der Waals surface area contributed by atoms with Crippen molar-refractivity contribution in [3.8, 4) is 0 Å². The standard InChI is InChI=1S/C59H92O27/c1-23-12-15-59(55(75)86-53-46(73)42(69)39(66)32(81-53)21-78-50-47(74)43(70)48(33(82-50)22-76-25(3)61)84-51-44(71)40(67)36(63)24(2)79-51)17-16-57(6)26-10-11-34-56(4,5)35(13-14-58(34,7)27(26)8-9-28(57)29(59)18-23)83-54-49(37(64)30(62)20-77-54)85-52-45(72)41(68)38(65)31(19-60)80-52/h9,24,26-27,29-54,60,62-74H,1,8,10-22H2,2-7H3/t24-,26+,27-,29-,30-,31+,32+,33+,34-,35-,36-,37-,38+,39+,40+,41-,42-,43+,44+,45+,46+,47+,48+,49+,50+,51-,52-,53-,54-,57-,58+,59-/m0/s1. The highest BCUT2D eigenvalue weighted by atomic mass is 16.8. The van der Waals surface area contributed by atoms with E-state index in [1.165, 1.54) is 6.92 Å². The average molecular weight is 1230 g/mol. The van der Waals surface area contributed by atoms with Gasteiger partial charge in [-0.3, -0.25) is 9.59 Å². The first kappa shape index (κ1) is 66.4. The SMILES string of the molecule is C=C1CC[C@]2(C(=O)O[C@@H]3O[C@H](CO[C@@H]4O[C@H](COC(C)=O)[C@@H](O[C@@H]5O[C@@H](C)[C@H](O)[C@@H](O)[C@H]5O)[C@H](O)[C@H]4O)[C@@H](O)[C@H](O)[C@H]3O)CC[C@]3(C)C(=CC[C@H]4[C@H]3CC[C@H]3C(C)(C)[C@@H](O[C@@H]5OC[C@H](O)[C@H](O)[C@H]5O[C@@H]5O[C@H](CO)[C@@H](O)[C@H](O)[C@H]5O)CC[C@]43C)[C@@H]2C1. The van der Waals surface area contributed by atoms with E-state index in [2.05, 4.69) is 40.3 Å². The van der Waals surface area contributed by atoms with Gasteiger partial charge in [0.1, 0.15) is 116 Å². The quantitative estimate of drug-likeness (QED) is 0.0473. The van der Waals surface area contributed by atoms with Crippen molar-refractivity contribution in [1.82, 2.24) is 0 Å². The zero-order valence-electron chi connectivity index (χ0n) is 49.5. The van der Waals surface area contributed by atoms with Crippen molar-refractivity contribution in [2.75, 3.05) is 26.4 Å². The van der Waals surface area contributed by atoms with E-state index in [1.807, 2.05) is 0 Å². The molecule has 86 heavy (non-hydrogen) atoms. The number of fused-ring (bicyclic) bond motifs is 7. The molecule has 0 aromatic rings. The fourth-order valence-electron chi connectivity index (χ4n) is 16.8. The van der Waals surface area contributed by atoms with Crippen LogP contribution in [0.2, 0.25) is 0 Å². The molecule has 27 heteroatoms. The molecule has 5 aliphatic heterocycles. The maximum Gasteiger partial charge on any atom is 0.315 e. The predicted octanol–water partition coefficient (Wildman–Crippen LogP) is -2.83. The number of hydrogen-bond acceptors (Lipinski definition) is 27. The molecular formula is C59H92O27. The monoisotopic (exact) mass is 1230 g/mol. The Morgan fingerprint density at radius 2 is 1.23 bits per heavy atom. The molecule has 0 unspecified atom stereocenters. The number of aliphatic hydroxyl groups is 14. The van der Waals surface area contributed by atoms with Gasteiger partial charge in [0.15, 0.2) is 25.2 Å². The molecule has 0 aromatic carbocycles. The summed E-state index contributed by atoms with van der Waals surface area (Å²) in [7, 11) is 0. The fraction of sp³-hybridized carbons (Fsp3) is 0.898. The Bertz CT molecular complexity index is 2430. The zero-order chi connectivity index (χ0) is 62.4. The van der Waals surface area contributed by atoms with Gasteiger partial charge >= 0.3 is 11.9 Å². The zero-order valence-corrected chi connectivity index (χ0v) is 49.5. The molecular weight excluding hydrogens is 1140 g/mol. The van der Waals surface area contributed by atoms with Crippen molar-refractivity contribution in [2.45, 2.75) is 259 Å². The van der Waals surface area contributed by atoms with Crippen LogP contribution < -0.4 is 0 Å². The van der Waals surface area contributed by atoms with Gasteiger partial charge < -0.3 is 124 Å². The van der Waals surface area contributed by atoms with Gasteiger partial charge in [-0.25, -0.2) is 0 Å². The van der Waals surface area contributed by atoms with Crippen molar-refractivity contribution in [1.29, 1.82) is 0 Å². The van der Waals surface area contributed by atoms with Crippen LogP contribution in [-0.2, 0) is 61.7 Å². The summed E-state index contributed by atoms with van der Waals surface area (Å²) in [6.07, 6.45) is -30.5. The summed E-state index contributed by atoms with van der Waals surface area (Å²) in [5.74, 6) is -1.11. The van der Waals surface area contributed by atoms with Gasteiger partial charge in [-0.1, -0.05) is 51.5 Å². The van der Waals surface area contributed by atoms with E-state index in [9.17, 15) is 76.3 Å². The molecule has 490 valence electrons. The first-order valence-electron chi connectivity index (χ1n) is 30.5. The number of hydrogen-bond donors (Lipinski definition) is 14. The van der Waals surface area contributed by atoms with Crippen molar-refractivity contribution in [2.24, 2.45) is 45.3 Å². The molecule has 5 aliphatic carbocycles. The van der Waals surface area contributed by atoms with Crippen LogP contribution in [0, 0.1) is 45.3 Å². The second-order valence-corrected chi connectivity index (χ2v) is 27.2. The second kappa shape index (κ2) is 25.5. The minimum absolute atomic E-state index is 0.146. The molecule has 0 amide bonds. The van der Waals surface area contributed by atoms with E-state index in [-0.39, 0.29) is 41.1 Å². The van der Waals surface area contributed by atoms with E-state index >= 15 is 4.79 Å². The van der Waals surface area contributed by atoms with Crippen LogP contribution in [0.5, 0.6) is 0 Å².